The number of amides is 1. The molecule has 1 saturated heterocycles. The van der Waals surface area contributed by atoms with Crippen molar-refractivity contribution in [2.24, 2.45) is 0 Å². The summed E-state index contributed by atoms with van der Waals surface area (Å²) in [5.74, 6) is 1.37. The molecule has 0 spiro atoms. The van der Waals surface area contributed by atoms with E-state index in [1.807, 2.05) is 23.1 Å². The molecule has 0 unspecified atom stereocenters. The summed E-state index contributed by atoms with van der Waals surface area (Å²) in [6, 6.07) is 10.1. The van der Waals surface area contributed by atoms with Gasteiger partial charge in [0, 0.05) is 26.1 Å². The molecule has 0 bridgehead atoms. The van der Waals surface area contributed by atoms with Gasteiger partial charge in [0.05, 0.1) is 5.92 Å². The van der Waals surface area contributed by atoms with E-state index in [4.69, 9.17) is 9.26 Å². The van der Waals surface area contributed by atoms with Crippen LogP contribution in [0.4, 0.5) is 0 Å². The summed E-state index contributed by atoms with van der Waals surface area (Å²) >= 11 is 0. The zero-order chi connectivity index (χ0) is 15.5. The molecule has 0 radical (unpaired) electrons. The van der Waals surface area contributed by atoms with Crippen molar-refractivity contribution < 1.29 is 14.1 Å². The van der Waals surface area contributed by atoms with Crippen LogP contribution in [0.25, 0.3) is 0 Å². The molecular weight excluding hydrogens is 282 g/mol. The van der Waals surface area contributed by atoms with Crippen molar-refractivity contribution in [2.75, 3.05) is 26.8 Å². The molecule has 1 aliphatic heterocycles. The minimum atomic E-state index is -0.0119. The van der Waals surface area contributed by atoms with Gasteiger partial charge in [-0.2, -0.15) is 4.98 Å². The molecule has 3 rings (SSSR count). The monoisotopic (exact) mass is 301 g/mol. The maximum atomic E-state index is 12.1. The first-order valence-corrected chi connectivity index (χ1v) is 7.31. The summed E-state index contributed by atoms with van der Waals surface area (Å²) in [5.41, 5.74) is 1.18. The molecule has 1 aliphatic rings. The molecule has 2 atom stereocenters. The van der Waals surface area contributed by atoms with E-state index in [1.54, 1.807) is 6.92 Å². The van der Waals surface area contributed by atoms with Crippen LogP contribution in [0.5, 0.6) is 0 Å². The largest absolute Gasteiger partial charge is 0.375 e. The highest BCUT2D eigenvalue weighted by Crippen LogP contribution is 2.38. The number of carbonyl (C=O) groups excluding carboxylic acids is 1. The molecule has 1 aromatic carbocycles. The van der Waals surface area contributed by atoms with Gasteiger partial charge in [0.15, 0.2) is 5.82 Å². The molecule has 116 valence electrons. The number of aromatic nitrogens is 2. The third-order valence-electron chi connectivity index (χ3n) is 4.03. The zero-order valence-electron chi connectivity index (χ0n) is 12.7. The highest BCUT2D eigenvalue weighted by Gasteiger charge is 2.39. The normalized spacial score (nSPS) is 21.3. The van der Waals surface area contributed by atoms with E-state index in [9.17, 15) is 4.79 Å². The fourth-order valence-electron chi connectivity index (χ4n) is 2.97. The van der Waals surface area contributed by atoms with Crippen LogP contribution >= 0.6 is 0 Å². The topological polar surface area (TPSA) is 68.5 Å². The van der Waals surface area contributed by atoms with Crippen molar-refractivity contribution in [3.63, 3.8) is 0 Å². The number of hydrogen-bond acceptors (Lipinski definition) is 5. The molecule has 6 heteroatoms. The summed E-state index contributed by atoms with van der Waals surface area (Å²) in [6.45, 7) is 3.10. The van der Waals surface area contributed by atoms with Crippen molar-refractivity contribution in [1.29, 1.82) is 0 Å². The Morgan fingerprint density at radius 1 is 1.32 bits per heavy atom. The van der Waals surface area contributed by atoms with E-state index in [0.717, 1.165) is 0 Å². The van der Waals surface area contributed by atoms with E-state index in [1.165, 1.54) is 12.7 Å². The Morgan fingerprint density at radius 2 is 2.05 bits per heavy atom. The number of ether oxygens (including phenoxy) is 1. The van der Waals surface area contributed by atoms with Crippen LogP contribution in [-0.2, 0) is 9.53 Å². The Hall–Kier alpha value is -2.21. The number of likely N-dealkylation sites (tertiary alicyclic amines) is 1. The third-order valence-corrected chi connectivity index (χ3v) is 4.03. The second-order valence-electron chi connectivity index (χ2n) is 5.54. The van der Waals surface area contributed by atoms with Crippen LogP contribution < -0.4 is 0 Å². The van der Waals surface area contributed by atoms with Crippen LogP contribution in [0.2, 0.25) is 0 Å². The lowest BCUT2D eigenvalue weighted by molar-refractivity contribution is -0.134. The quantitative estimate of drug-likeness (QED) is 0.860. The second-order valence-corrected chi connectivity index (χ2v) is 5.54. The van der Waals surface area contributed by atoms with Gasteiger partial charge in [0.2, 0.25) is 11.8 Å². The minimum Gasteiger partial charge on any atom is -0.375 e. The third kappa shape index (κ3) is 2.87. The first-order valence-electron chi connectivity index (χ1n) is 7.31. The van der Waals surface area contributed by atoms with Crippen molar-refractivity contribution in [3.8, 4) is 0 Å². The van der Waals surface area contributed by atoms with Crippen LogP contribution in [-0.4, -0.2) is 47.8 Å². The number of rotatable bonds is 4. The number of methoxy groups -OCH3 is 1. The number of benzene rings is 1. The lowest BCUT2D eigenvalue weighted by Crippen LogP contribution is -2.31. The number of carbonyl (C=O) groups is 1. The fraction of sp³-hybridized carbons (Fsp3) is 0.438. The van der Waals surface area contributed by atoms with Gasteiger partial charge >= 0.3 is 0 Å². The number of nitrogens with zero attached hydrogens (tertiary/aromatic N) is 3. The van der Waals surface area contributed by atoms with Crippen LogP contribution in [0.3, 0.4) is 0 Å². The molecule has 0 N–H and O–H groups in total. The van der Waals surface area contributed by atoms with E-state index in [2.05, 4.69) is 22.3 Å². The zero-order valence-corrected chi connectivity index (χ0v) is 12.7. The molecular formula is C16H19N3O3. The number of aryl methyl sites for hydroxylation is 1. The summed E-state index contributed by atoms with van der Waals surface area (Å²) in [5, 5.41) is 3.88. The predicted molar refractivity (Wildman–Crippen MR) is 79.4 cm³/mol. The Balaban J connectivity index is 1.88. The van der Waals surface area contributed by atoms with E-state index in [0.29, 0.717) is 24.8 Å². The predicted octanol–water partition coefficient (Wildman–Crippen LogP) is 1.73. The minimum absolute atomic E-state index is 0.0119. The first kappa shape index (κ1) is 14.7. The molecule has 2 heterocycles. The summed E-state index contributed by atoms with van der Waals surface area (Å²) < 4.78 is 10.3. The maximum absolute atomic E-state index is 12.1. The average molecular weight is 301 g/mol. The Morgan fingerprint density at radius 3 is 2.68 bits per heavy atom. The second kappa shape index (κ2) is 6.27. The van der Waals surface area contributed by atoms with Gasteiger partial charge in [-0.15, -0.1) is 0 Å². The molecule has 1 aromatic heterocycles. The van der Waals surface area contributed by atoms with Gasteiger partial charge in [-0.25, -0.2) is 0 Å². The average Bonchev–Trinajstić information content (AvgIpc) is 3.14. The van der Waals surface area contributed by atoms with Gasteiger partial charge < -0.3 is 14.2 Å². The maximum Gasteiger partial charge on any atom is 0.248 e. The Bertz CT molecular complexity index is 641. The van der Waals surface area contributed by atoms with E-state index in [-0.39, 0.29) is 24.3 Å². The molecule has 0 saturated carbocycles. The number of hydrogen-bond donors (Lipinski definition) is 0. The van der Waals surface area contributed by atoms with Crippen molar-refractivity contribution in [2.45, 2.75) is 18.8 Å². The highest BCUT2D eigenvalue weighted by molar-refractivity contribution is 5.78. The van der Waals surface area contributed by atoms with Gasteiger partial charge in [-0.1, -0.05) is 35.5 Å². The van der Waals surface area contributed by atoms with Crippen molar-refractivity contribution >= 4 is 5.91 Å². The standard InChI is InChI=1S/C16H19N3O3/c1-11-17-16(22-18-11)14-9-19(15(20)10-21-2)8-13(14)12-6-4-3-5-7-12/h3-7,13-14H,8-10H2,1-2H3/t13-,14+/m1/s1. The van der Waals surface area contributed by atoms with E-state index >= 15 is 0 Å². The van der Waals surface area contributed by atoms with E-state index < -0.39 is 0 Å². The molecule has 22 heavy (non-hydrogen) atoms. The molecule has 1 amide bonds. The van der Waals surface area contributed by atoms with Gasteiger partial charge in [0.25, 0.3) is 0 Å². The smallest absolute Gasteiger partial charge is 0.248 e. The highest BCUT2D eigenvalue weighted by atomic mass is 16.5. The van der Waals surface area contributed by atoms with Gasteiger partial charge in [0.1, 0.15) is 6.61 Å². The molecule has 2 aromatic rings. The molecule has 0 aliphatic carbocycles. The lowest BCUT2D eigenvalue weighted by Gasteiger charge is -2.16. The summed E-state index contributed by atoms with van der Waals surface area (Å²) in [6.07, 6.45) is 0. The fourth-order valence-corrected chi connectivity index (χ4v) is 2.97. The first-order chi connectivity index (χ1) is 10.7. The lowest BCUT2D eigenvalue weighted by atomic mass is 9.89. The van der Waals surface area contributed by atoms with Crippen LogP contribution in [0.1, 0.15) is 29.1 Å². The van der Waals surface area contributed by atoms with Crippen LogP contribution in [0.15, 0.2) is 34.9 Å². The van der Waals surface area contributed by atoms with Gasteiger partial charge in [-0.3, -0.25) is 4.79 Å². The Labute approximate surface area is 129 Å². The van der Waals surface area contributed by atoms with Crippen LogP contribution in [0, 0.1) is 6.92 Å². The molecule has 1 fully saturated rings. The molecule has 6 nitrogen and oxygen atoms in total. The van der Waals surface area contributed by atoms with Crippen molar-refractivity contribution in [3.05, 3.63) is 47.6 Å². The van der Waals surface area contributed by atoms with Crippen molar-refractivity contribution in [1.82, 2.24) is 15.0 Å². The SMILES string of the molecule is COCC(=O)N1C[C@H](c2ccccc2)[C@@H](c2nc(C)no2)C1. The Kier molecular flexibility index (Phi) is 4.20. The van der Waals surface area contributed by atoms with Gasteiger partial charge in [-0.05, 0) is 12.5 Å². The summed E-state index contributed by atoms with van der Waals surface area (Å²) in [4.78, 5) is 18.3. The summed E-state index contributed by atoms with van der Waals surface area (Å²) in [7, 11) is 1.53.